The third-order valence-electron chi connectivity index (χ3n) is 6.61. The van der Waals surface area contributed by atoms with Crippen LogP contribution in [0.3, 0.4) is 0 Å². The van der Waals surface area contributed by atoms with Crippen LogP contribution in [0.4, 0.5) is 5.13 Å². The summed E-state index contributed by atoms with van der Waals surface area (Å²) in [5, 5.41) is 5.28. The maximum Gasteiger partial charge on any atom is 0.263 e. The lowest BCUT2D eigenvalue weighted by molar-refractivity contribution is 0.0376. The van der Waals surface area contributed by atoms with E-state index in [0.717, 1.165) is 71.6 Å². The number of carbonyl (C=O) groups is 1. The number of rotatable bonds is 7. The van der Waals surface area contributed by atoms with Gasteiger partial charge in [-0.05, 0) is 50.5 Å². The first-order chi connectivity index (χ1) is 17.0. The molecule has 3 heterocycles. The quantitative estimate of drug-likeness (QED) is 0.374. The minimum Gasteiger partial charge on any atom is -0.379 e. The van der Waals surface area contributed by atoms with Crippen molar-refractivity contribution in [2.45, 2.75) is 27.2 Å². The van der Waals surface area contributed by atoms with E-state index < -0.39 is 0 Å². The number of nitrogens with zero attached hydrogens (tertiary/aromatic N) is 5. The van der Waals surface area contributed by atoms with Gasteiger partial charge < -0.3 is 4.74 Å². The third-order valence-corrected chi connectivity index (χ3v) is 7.82. The number of benzene rings is 2. The molecule has 1 aliphatic rings. The van der Waals surface area contributed by atoms with E-state index in [0.29, 0.717) is 12.1 Å². The number of thiazole rings is 1. The van der Waals surface area contributed by atoms with Gasteiger partial charge in [-0.25, -0.2) is 9.67 Å². The molecule has 0 spiro atoms. The summed E-state index contributed by atoms with van der Waals surface area (Å²) in [6, 6.07) is 14.1. The maximum atomic E-state index is 13.9. The molecule has 7 nitrogen and oxygen atoms in total. The molecule has 1 saturated heterocycles. The molecular weight excluding hydrogens is 458 g/mol. The topological polar surface area (TPSA) is 63.5 Å². The van der Waals surface area contributed by atoms with Gasteiger partial charge in [0.15, 0.2) is 5.13 Å². The number of carbonyl (C=O) groups excluding carboxylic acids is 1. The number of aromatic nitrogens is 3. The molecule has 0 atom stereocenters. The number of para-hydroxylation sites is 1. The molecule has 0 N–H and O–H groups in total. The summed E-state index contributed by atoms with van der Waals surface area (Å²) in [6.07, 6.45) is 2.55. The van der Waals surface area contributed by atoms with Crippen molar-refractivity contribution in [2.24, 2.45) is 0 Å². The lowest BCUT2D eigenvalue weighted by atomic mass is 10.1. The Bertz CT molecular complexity index is 1290. The predicted octanol–water partition coefficient (Wildman–Crippen LogP) is 4.78. The van der Waals surface area contributed by atoms with Crippen LogP contribution in [0.2, 0.25) is 0 Å². The van der Waals surface area contributed by atoms with Crippen molar-refractivity contribution >= 4 is 32.6 Å². The van der Waals surface area contributed by atoms with Gasteiger partial charge in [-0.15, -0.1) is 0 Å². The Morgan fingerprint density at radius 3 is 2.54 bits per heavy atom. The van der Waals surface area contributed by atoms with Crippen LogP contribution >= 0.6 is 11.3 Å². The summed E-state index contributed by atoms with van der Waals surface area (Å²) >= 11 is 1.60. The van der Waals surface area contributed by atoms with Crippen molar-refractivity contribution in [3.05, 3.63) is 71.0 Å². The van der Waals surface area contributed by atoms with Gasteiger partial charge in [-0.1, -0.05) is 41.7 Å². The van der Waals surface area contributed by atoms with Crippen molar-refractivity contribution in [1.29, 1.82) is 0 Å². The number of anilines is 1. The van der Waals surface area contributed by atoms with E-state index in [-0.39, 0.29) is 5.91 Å². The molecule has 0 bridgehead atoms. The van der Waals surface area contributed by atoms with Crippen molar-refractivity contribution in [1.82, 2.24) is 19.7 Å². The SMILES string of the molecule is Cc1ccc(C)c2sc(N(CCCN3CCOCC3)C(=O)c3cnn(-c4ccccc4)c3C)nc12. The van der Waals surface area contributed by atoms with Crippen molar-refractivity contribution in [3.8, 4) is 5.69 Å². The van der Waals surface area contributed by atoms with Crippen molar-refractivity contribution in [3.63, 3.8) is 0 Å². The normalized spacial score (nSPS) is 14.5. The van der Waals surface area contributed by atoms with Gasteiger partial charge in [-0.3, -0.25) is 14.6 Å². The van der Waals surface area contributed by atoms with E-state index in [4.69, 9.17) is 9.72 Å². The molecule has 0 aliphatic carbocycles. The van der Waals surface area contributed by atoms with Gasteiger partial charge in [0.1, 0.15) is 0 Å². The zero-order valence-electron chi connectivity index (χ0n) is 20.5. The molecule has 1 fully saturated rings. The highest BCUT2D eigenvalue weighted by atomic mass is 32.1. The van der Waals surface area contributed by atoms with Crippen LogP contribution in [-0.4, -0.2) is 65.0 Å². The van der Waals surface area contributed by atoms with Crippen LogP contribution in [0.15, 0.2) is 48.7 Å². The lowest BCUT2D eigenvalue weighted by Gasteiger charge is -2.27. The summed E-state index contributed by atoms with van der Waals surface area (Å²) in [4.78, 5) is 23.1. The highest BCUT2D eigenvalue weighted by molar-refractivity contribution is 7.22. The van der Waals surface area contributed by atoms with E-state index >= 15 is 0 Å². The summed E-state index contributed by atoms with van der Waals surface area (Å²) < 4.78 is 8.44. The average molecular weight is 490 g/mol. The number of ether oxygens (including phenoxy) is 1. The highest BCUT2D eigenvalue weighted by Gasteiger charge is 2.26. The second-order valence-corrected chi connectivity index (χ2v) is 10.0. The summed E-state index contributed by atoms with van der Waals surface area (Å²) in [5.41, 5.74) is 5.66. The molecule has 182 valence electrons. The molecule has 35 heavy (non-hydrogen) atoms. The molecule has 4 aromatic rings. The Kier molecular flexibility index (Phi) is 6.95. The molecule has 5 rings (SSSR count). The number of morpholine rings is 1. The van der Waals surface area contributed by atoms with Gasteiger partial charge in [0.25, 0.3) is 5.91 Å². The van der Waals surface area contributed by atoms with E-state index in [9.17, 15) is 4.79 Å². The Morgan fingerprint density at radius 2 is 1.80 bits per heavy atom. The smallest absolute Gasteiger partial charge is 0.263 e. The monoisotopic (exact) mass is 489 g/mol. The lowest BCUT2D eigenvalue weighted by Crippen LogP contribution is -2.39. The van der Waals surface area contributed by atoms with Crippen LogP contribution in [0.1, 0.15) is 33.6 Å². The molecule has 8 heteroatoms. The first-order valence-electron chi connectivity index (χ1n) is 12.1. The Hall–Kier alpha value is -3.07. The second-order valence-electron chi connectivity index (χ2n) is 9.03. The molecular formula is C27H31N5O2S. The van der Waals surface area contributed by atoms with Crippen LogP contribution in [0.25, 0.3) is 15.9 Å². The maximum absolute atomic E-state index is 13.9. The minimum absolute atomic E-state index is 0.0546. The number of hydrogen-bond donors (Lipinski definition) is 0. The molecule has 0 unspecified atom stereocenters. The van der Waals surface area contributed by atoms with E-state index in [2.05, 4.69) is 36.0 Å². The van der Waals surface area contributed by atoms with Gasteiger partial charge in [0.2, 0.25) is 0 Å². The van der Waals surface area contributed by atoms with E-state index in [1.807, 2.05) is 46.8 Å². The largest absolute Gasteiger partial charge is 0.379 e. The van der Waals surface area contributed by atoms with E-state index in [1.54, 1.807) is 17.5 Å². The molecule has 1 amide bonds. The van der Waals surface area contributed by atoms with Gasteiger partial charge in [0.05, 0.1) is 46.6 Å². The first-order valence-corrected chi connectivity index (χ1v) is 12.9. The summed E-state index contributed by atoms with van der Waals surface area (Å²) in [7, 11) is 0. The standard InChI is InChI=1S/C27H31N5O2S/c1-19-10-11-20(2)25-24(19)29-27(35-25)31(13-7-12-30-14-16-34-17-15-30)26(33)23-18-28-32(21(23)3)22-8-5-4-6-9-22/h4-6,8-11,18H,7,12-17H2,1-3H3. The van der Waals surface area contributed by atoms with E-state index in [1.165, 1.54) is 5.56 Å². The molecule has 0 saturated carbocycles. The number of aryl methyl sites for hydroxylation is 2. The fraction of sp³-hybridized carbons (Fsp3) is 0.370. The van der Waals surface area contributed by atoms with Crippen molar-refractivity contribution < 1.29 is 9.53 Å². The Balaban J connectivity index is 1.46. The number of hydrogen-bond acceptors (Lipinski definition) is 6. The summed E-state index contributed by atoms with van der Waals surface area (Å²) in [5.74, 6) is -0.0546. The van der Waals surface area contributed by atoms with Gasteiger partial charge in [-0.2, -0.15) is 5.10 Å². The van der Waals surface area contributed by atoms with Crippen molar-refractivity contribution in [2.75, 3.05) is 44.3 Å². The first kappa shape index (κ1) is 23.7. The van der Waals surface area contributed by atoms with Gasteiger partial charge >= 0.3 is 0 Å². The fourth-order valence-corrected chi connectivity index (χ4v) is 5.66. The molecule has 2 aromatic heterocycles. The minimum atomic E-state index is -0.0546. The van der Waals surface area contributed by atoms with Crippen LogP contribution < -0.4 is 4.90 Å². The fourth-order valence-electron chi connectivity index (χ4n) is 4.52. The number of amides is 1. The number of fused-ring (bicyclic) bond motifs is 1. The molecule has 0 radical (unpaired) electrons. The Labute approximate surface area is 209 Å². The third kappa shape index (κ3) is 4.87. The van der Waals surface area contributed by atoms with Crippen LogP contribution in [0.5, 0.6) is 0 Å². The molecule has 1 aliphatic heterocycles. The zero-order chi connectivity index (χ0) is 24.4. The van der Waals surface area contributed by atoms with Crippen LogP contribution in [0, 0.1) is 20.8 Å². The highest BCUT2D eigenvalue weighted by Crippen LogP contribution is 2.34. The Morgan fingerprint density at radius 1 is 1.06 bits per heavy atom. The van der Waals surface area contributed by atoms with Crippen LogP contribution in [-0.2, 0) is 4.74 Å². The average Bonchev–Trinajstić information content (AvgIpc) is 3.50. The summed E-state index contributed by atoms with van der Waals surface area (Å²) in [6.45, 7) is 11.1. The zero-order valence-corrected chi connectivity index (χ0v) is 21.3. The predicted molar refractivity (Wildman–Crippen MR) is 141 cm³/mol. The molecule has 2 aromatic carbocycles. The van der Waals surface area contributed by atoms with Gasteiger partial charge in [0, 0.05) is 26.2 Å². The second kappa shape index (κ2) is 10.3.